The molecule has 1 unspecified atom stereocenters. The molecule has 0 bridgehead atoms. The van der Waals surface area contributed by atoms with Crippen LogP contribution < -0.4 is 5.73 Å². The summed E-state index contributed by atoms with van der Waals surface area (Å²) in [6, 6.07) is 2.11. The van der Waals surface area contributed by atoms with E-state index in [1.807, 2.05) is 23.0 Å². The van der Waals surface area contributed by atoms with Crippen LogP contribution in [-0.4, -0.2) is 14.8 Å². The Morgan fingerprint density at radius 2 is 2.18 bits per heavy atom. The van der Waals surface area contributed by atoms with E-state index < -0.39 is 0 Å². The molecule has 2 heterocycles. The maximum atomic E-state index is 6.08. The molecule has 1 atom stereocenters. The van der Waals surface area contributed by atoms with Crippen molar-refractivity contribution in [3.63, 3.8) is 0 Å². The van der Waals surface area contributed by atoms with Gasteiger partial charge in [-0.15, -0.1) is 10.2 Å². The molecule has 17 heavy (non-hydrogen) atoms. The van der Waals surface area contributed by atoms with E-state index in [-0.39, 0.29) is 6.04 Å². The summed E-state index contributed by atoms with van der Waals surface area (Å²) >= 11 is 0. The zero-order valence-electron chi connectivity index (χ0n) is 10.4. The van der Waals surface area contributed by atoms with Crippen molar-refractivity contribution in [3.8, 4) is 0 Å². The van der Waals surface area contributed by atoms with Gasteiger partial charge in [-0.05, 0) is 17.5 Å². The minimum absolute atomic E-state index is 0.0701. The molecule has 0 saturated carbocycles. The van der Waals surface area contributed by atoms with Gasteiger partial charge in [0, 0.05) is 25.4 Å². The average Bonchev–Trinajstić information content (AvgIpc) is 2.87. The minimum atomic E-state index is 0.0701. The summed E-state index contributed by atoms with van der Waals surface area (Å²) in [5, 5.41) is 7.76. The van der Waals surface area contributed by atoms with Gasteiger partial charge in [-0.2, -0.15) is 0 Å². The Bertz CT molecular complexity index is 486. The summed E-state index contributed by atoms with van der Waals surface area (Å²) in [7, 11) is 0. The molecule has 0 aliphatic heterocycles. The van der Waals surface area contributed by atoms with Gasteiger partial charge in [-0.1, -0.05) is 13.8 Å². The second-order valence-electron chi connectivity index (χ2n) is 4.60. The third kappa shape index (κ3) is 2.74. The maximum Gasteiger partial charge on any atom is 0.236 e. The van der Waals surface area contributed by atoms with Crippen LogP contribution in [0.1, 0.15) is 37.2 Å². The molecule has 0 fully saturated rings. The van der Waals surface area contributed by atoms with Gasteiger partial charge in [-0.3, -0.25) is 0 Å². The van der Waals surface area contributed by atoms with Crippen molar-refractivity contribution < 1.29 is 4.42 Å². The van der Waals surface area contributed by atoms with Crippen molar-refractivity contribution in [2.24, 2.45) is 11.7 Å². The van der Waals surface area contributed by atoms with Crippen molar-refractivity contribution in [2.75, 3.05) is 0 Å². The van der Waals surface area contributed by atoms with Gasteiger partial charge in [-0.25, -0.2) is 0 Å². The first-order chi connectivity index (χ1) is 8.06. The standard InChI is InChI=1S/C12H18N4O/c1-8(2)12(13)10-4-5-16(6-10)7-11-15-14-9(3)17-11/h4-6,8,12H,7,13H2,1-3H3. The lowest BCUT2D eigenvalue weighted by molar-refractivity contribution is 0.454. The van der Waals surface area contributed by atoms with Crippen molar-refractivity contribution in [2.45, 2.75) is 33.4 Å². The van der Waals surface area contributed by atoms with Gasteiger partial charge < -0.3 is 14.7 Å². The van der Waals surface area contributed by atoms with Gasteiger partial charge in [0.25, 0.3) is 0 Å². The molecule has 2 aromatic heterocycles. The van der Waals surface area contributed by atoms with Crippen LogP contribution in [-0.2, 0) is 6.54 Å². The maximum absolute atomic E-state index is 6.08. The molecule has 2 N–H and O–H groups in total. The fourth-order valence-electron chi connectivity index (χ4n) is 1.70. The van der Waals surface area contributed by atoms with E-state index in [4.69, 9.17) is 10.2 Å². The Morgan fingerprint density at radius 3 is 2.76 bits per heavy atom. The van der Waals surface area contributed by atoms with Crippen LogP contribution >= 0.6 is 0 Å². The van der Waals surface area contributed by atoms with E-state index in [2.05, 4.69) is 24.0 Å². The number of hydrogen-bond donors (Lipinski definition) is 1. The summed E-state index contributed by atoms with van der Waals surface area (Å²) in [5.74, 6) is 1.63. The van der Waals surface area contributed by atoms with Crippen LogP contribution in [0.4, 0.5) is 0 Å². The van der Waals surface area contributed by atoms with Crippen LogP contribution in [0.5, 0.6) is 0 Å². The highest BCUT2D eigenvalue weighted by Crippen LogP contribution is 2.19. The summed E-state index contributed by atoms with van der Waals surface area (Å²) in [6.45, 7) is 6.60. The molecule has 5 heteroatoms. The predicted octanol–water partition coefficient (Wildman–Crippen LogP) is 1.88. The molecule has 5 nitrogen and oxygen atoms in total. The minimum Gasteiger partial charge on any atom is -0.424 e. The first-order valence-electron chi connectivity index (χ1n) is 5.76. The molecule has 0 radical (unpaired) electrons. The lowest BCUT2D eigenvalue weighted by atomic mass is 10.00. The molecule has 0 aliphatic rings. The normalized spacial score (nSPS) is 13.2. The van der Waals surface area contributed by atoms with Gasteiger partial charge in [0.05, 0.1) is 0 Å². The van der Waals surface area contributed by atoms with Crippen LogP contribution in [0.25, 0.3) is 0 Å². The Balaban J connectivity index is 2.08. The van der Waals surface area contributed by atoms with E-state index in [0.717, 1.165) is 5.56 Å². The van der Waals surface area contributed by atoms with E-state index in [0.29, 0.717) is 24.2 Å². The van der Waals surface area contributed by atoms with Crippen molar-refractivity contribution in [1.82, 2.24) is 14.8 Å². The summed E-state index contributed by atoms with van der Waals surface area (Å²) in [6.07, 6.45) is 4.02. The Hall–Kier alpha value is -1.62. The highest BCUT2D eigenvalue weighted by atomic mass is 16.4. The SMILES string of the molecule is Cc1nnc(Cn2ccc(C(N)C(C)C)c2)o1. The molecule has 0 spiro atoms. The van der Waals surface area contributed by atoms with Crippen LogP contribution in [0.3, 0.4) is 0 Å². The quantitative estimate of drug-likeness (QED) is 0.877. The van der Waals surface area contributed by atoms with Crippen LogP contribution in [0, 0.1) is 12.8 Å². The van der Waals surface area contributed by atoms with E-state index >= 15 is 0 Å². The van der Waals surface area contributed by atoms with Crippen molar-refractivity contribution in [3.05, 3.63) is 35.8 Å². The summed E-state index contributed by atoms with van der Waals surface area (Å²) < 4.78 is 7.33. The second kappa shape index (κ2) is 4.71. The number of aromatic nitrogens is 3. The first-order valence-corrected chi connectivity index (χ1v) is 5.76. The third-order valence-corrected chi connectivity index (χ3v) is 2.76. The molecule has 2 rings (SSSR count). The number of hydrogen-bond acceptors (Lipinski definition) is 4. The van der Waals surface area contributed by atoms with E-state index in [9.17, 15) is 0 Å². The fourth-order valence-corrected chi connectivity index (χ4v) is 1.70. The third-order valence-electron chi connectivity index (χ3n) is 2.76. The summed E-state index contributed by atoms with van der Waals surface area (Å²) in [4.78, 5) is 0. The molecule has 92 valence electrons. The Morgan fingerprint density at radius 1 is 1.41 bits per heavy atom. The number of aryl methyl sites for hydroxylation is 1. The van der Waals surface area contributed by atoms with Crippen molar-refractivity contribution in [1.29, 1.82) is 0 Å². The van der Waals surface area contributed by atoms with Gasteiger partial charge in [0.2, 0.25) is 11.8 Å². The largest absolute Gasteiger partial charge is 0.424 e. The zero-order valence-corrected chi connectivity index (χ0v) is 10.4. The lowest BCUT2D eigenvalue weighted by Crippen LogP contribution is -2.15. The molecule has 0 amide bonds. The number of rotatable bonds is 4. The molecule has 0 saturated heterocycles. The molecule has 2 aromatic rings. The second-order valence-corrected chi connectivity index (χ2v) is 4.60. The number of nitrogens with two attached hydrogens (primary N) is 1. The Labute approximate surface area is 101 Å². The molecule has 0 aliphatic carbocycles. The van der Waals surface area contributed by atoms with Crippen molar-refractivity contribution >= 4 is 0 Å². The topological polar surface area (TPSA) is 69.9 Å². The van der Waals surface area contributed by atoms with E-state index in [1.165, 1.54) is 0 Å². The highest BCUT2D eigenvalue weighted by Gasteiger charge is 2.12. The van der Waals surface area contributed by atoms with Gasteiger partial charge >= 0.3 is 0 Å². The molecular weight excluding hydrogens is 216 g/mol. The first kappa shape index (κ1) is 11.9. The van der Waals surface area contributed by atoms with Gasteiger partial charge in [0.1, 0.15) is 6.54 Å². The van der Waals surface area contributed by atoms with Crippen LogP contribution in [0.2, 0.25) is 0 Å². The van der Waals surface area contributed by atoms with E-state index in [1.54, 1.807) is 6.92 Å². The van der Waals surface area contributed by atoms with Crippen LogP contribution in [0.15, 0.2) is 22.9 Å². The highest BCUT2D eigenvalue weighted by molar-refractivity contribution is 5.15. The summed E-state index contributed by atoms with van der Waals surface area (Å²) in [5.41, 5.74) is 7.22. The fraction of sp³-hybridized carbons (Fsp3) is 0.500. The average molecular weight is 234 g/mol. The van der Waals surface area contributed by atoms with Gasteiger partial charge in [0.15, 0.2) is 0 Å². The lowest BCUT2D eigenvalue weighted by Gasteiger charge is -2.13. The molecule has 0 aromatic carbocycles. The number of nitrogens with zero attached hydrogens (tertiary/aromatic N) is 3. The Kier molecular flexibility index (Phi) is 3.28. The zero-order chi connectivity index (χ0) is 12.4. The monoisotopic (exact) mass is 234 g/mol. The molecular formula is C12H18N4O. The predicted molar refractivity (Wildman–Crippen MR) is 64.3 cm³/mol. The smallest absolute Gasteiger partial charge is 0.236 e.